The predicted molar refractivity (Wildman–Crippen MR) is 70.8 cm³/mol. The molecule has 0 aliphatic rings. The topological polar surface area (TPSA) is 79.9 Å². The second-order valence-electron chi connectivity index (χ2n) is 4.00. The number of aromatic amines is 1. The van der Waals surface area contributed by atoms with Crippen LogP contribution < -0.4 is 5.32 Å². The summed E-state index contributed by atoms with van der Waals surface area (Å²) in [5, 5.41) is 3.24. The highest BCUT2D eigenvalue weighted by Gasteiger charge is 2.13. The van der Waals surface area contributed by atoms with Crippen molar-refractivity contribution < 1.29 is 9.53 Å². The Kier molecular flexibility index (Phi) is 4.12. The van der Waals surface area contributed by atoms with Gasteiger partial charge in [0, 0.05) is 18.6 Å². The number of hydrogen-bond donors (Lipinski definition) is 2. The molecule has 6 heteroatoms. The Morgan fingerprint density at radius 3 is 2.95 bits per heavy atom. The van der Waals surface area contributed by atoms with Crippen LogP contribution in [0.2, 0.25) is 0 Å². The molecule has 0 saturated carbocycles. The summed E-state index contributed by atoms with van der Waals surface area (Å²) in [4.78, 5) is 22.9. The molecule has 2 N–H and O–H groups in total. The van der Waals surface area contributed by atoms with Gasteiger partial charge in [-0.25, -0.2) is 14.8 Å². The first kappa shape index (κ1) is 13.1. The lowest BCUT2D eigenvalue weighted by atomic mass is 10.2. The lowest BCUT2D eigenvalue weighted by Crippen LogP contribution is -2.13. The number of rotatable bonds is 5. The number of methoxy groups -OCH3 is 1. The molecule has 0 amide bonds. The molecular formula is C13H16N4O2. The van der Waals surface area contributed by atoms with Crippen LogP contribution in [0.4, 0.5) is 5.82 Å². The summed E-state index contributed by atoms with van der Waals surface area (Å²) in [5.41, 5.74) is 0.467. The summed E-state index contributed by atoms with van der Waals surface area (Å²) >= 11 is 0. The van der Waals surface area contributed by atoms with Gasteiger partial charge in [0.05, 0.1) is 18.7 Å². The number of imidazole rings is 1. The lowest BCUT2D eigenvalue weighted by Gasteiger charge is -2.15. The van der Waals surface area contributed by atoms with E-state index in [4.69, 9.17) is 0 Å². The highest BCUT2D eigenvalue weighted by molar-refractivity contribution is 5.89. The molecule has 6 nitrogen and oxygen atoms in total. The number of carbonyl (C=O) groups excluding carboxylic acids is 1. The maximum atomic E-state index is 11.5. The van der Waals surface area contributed by atoms with E-state index in [1.807, 2.05) is 6.92 Å². The minimum Gasteiger partial charge on any atom is -0.465 e. The van der Waals surface area contributed by atoms with Crippen LogP contribution in [0.1, 0.15) is 35.6 Å². The van der Waals surface area contributed by atoms with Crippen molar-refractivity contribution in [3.8, 4) is 0 Å². The fraction of sp³-hybridized carbons (Fsp3) is 0.308. The van der Waals surface area contributed by atoms with Crippen molar-refractivity contribution in [2.45, 2.75) is 19.4 Å². The molecule has 0 aliphatic heterocycles. The van der Waals surface area contributed by atoms with E-state index in [0.29, 0.717) is 11.4 Å². The Morgan fingerprint density at radius 1 is 1.47 bits per heavy atom. The normalized spacial score (nSPS) is 11.9. The van der Waals surface area contributed by atoms with E-state index < -0.39 is 0 Å². The third-order valence-electron chi connectivity index (χ3n) is 2.76. The maximum absolute atomic E-state index is 11.5. The third kappa shape index (κ3) is 3.09. The van der Waals surface area contributed by atoms with Crippen LogP contribution in [-0.2, 0) is 4.74 Å². The highest BCUT2D eigenvalue weighted by Crippen LogP contribution is 2.18. The summed E-state index contributed by atoms with van der Waals surface area (Å²) < 4.78 is 4.68. The molecule has 1 atom stereocenters. The molecule has 0 bridgehead atoms. The molecule has 0 saturated heterocycles. The number of pyridine rings is 1. The summed E-state index contributed by atoms with van der Waals surface area (Å²) in [5.74, 6) is 1.08. The maximum Gasteiger partial charge on any atom is 0.338 e. The first-order valence-electron chi connectivity index (χ1n) is 6.04. The van der Waals surface area contributed by atoms with E-state index in [2.05, 4.69) is 25.0 Å². The van der Waals surface area contributed by atoms with Gasteiger partial charge in [0.2, 0.25) is 0 Å². The molecule has 100 valence electrons. The van der Waals surface area contributed by atoms with Gasteiger partial charge in [-0.3, -0.25) is 0 Å². The van der Waals surface area contributed by atoms with Crippen molar-refractivity contribution in [2.75, 3.05) is 12.4 Å². The van der Waals surface area contributed by atoms with Crippen LogP contribution in [0.5, 0.6) is 0 Å². The summed E-state index contributed by atoms with van der Waals surface area (Å²) in [6, 6.07) is 3.30. The fourth-order valence-corrected chi connectivity index (χ4v) is 1.76. The number of esters is 1. The minimum absolute atomic E-state index is 0.0235. The minimum atomic E-state index is -0.378. The molecular weight excluding hydrogens is 244 g/mol. The molecule has 2 heterocycles. The zero-order valence-electron chi connectivity index (χ0n) is 10.9. The summed E-state index contributed by atoms with van der Waals surface area (Å²) in [6.45, 7) is 2.05. The van der Waals surface area contributed by atoms with Gasteiger partial charge in [0.1, 0.15) is 11.6 Å². The zero-order valence-corrected chi connectivity index (χ0v) is 10.9. The Morgan fingerprint density at radius 2 is 2.32 bits per heavy atom. The van der Waals surface area contributed by atoms with E-state index in [1.54, 1.807) is 30.7 Å². The van der Waals surface area contributed by atoms with Crippen molar-refractivity contribution in [3.05, 3.63) is 42.1 Å². The van der Waals surface area contributed by atoms with Crippen molar-refractivity contribution in [2.24, 2.45) is 0 Å². The van der Waals surface area contributed by atoms with Gasteiger partial charge in [0.25, 0.3) is 0 Å². The number of nitrogens with zero attached hydrogens (tertiary/aromatic N) is 2. The Bertz CT molecular complexity index is 539. The molecule has 0 radical (unpaired) electrons. The van der Waals surface area contributed by atoms with Crippen LogP contribution in [0.15, 0.2) is 30.7 Å². The van der Waals surface area contributed by atoms with E-state index in [9.17, 15) is 4.79 Å². The average molecular weight is 260 g/mol. The van der Waals surface area contributed by atoms with Gasteiger partial charge in [-0.15, -0.1) is 0 Å². The van der Waals surface area contributed by atoms with Gasteiger partial charge in [-0.1, -0.05) is 6.92 Å². The second-order valence-corrected chi connectivity index (χ2v) is 4.00. The van der Waals surface area contributed by atoms with Gasteiger partial charge in [-0.2, -0.15) is 0 Å². The molecule has 2 aromatic heterocycles. The lowest BCUT2D eigenvalue weighted by molar-refractivity contribution is 0.0600. The van der Waals surface area contributed by atoms with Crippen LogP contribution >= 0.6 is 0 Å². The smallest absolute Gasteiger partial charge is 0.338 e. The first-order chi connectivity index (χ1) is 9.24. The summed E-state index contributed by atoms with van der Waals surface area (Å²) in [7, 11) is 1.35. The van der Waals surface area contributed by atoms with Gasteiger partial charge in [0.15, 0.2) is 0 Å². The monoisotopic (exact) mass is 260 g/mol. The average Bonchev–Trinajstić information content (AvgIpc) is 2.98. The molecule has 0 aliphatic carbocycles. The van der Waals surface area contributed by atoms with Gasteiger partial charge < -0.3 is 15.0 Å². The molecule has 2 rings (SSSR count). The summed E-state index contributed by atoms with van der Waals surface area (Å²) in [6.07, 6.45) is 5.90. The highest BCUT2D eigenvalue weighted by atomic mass is 16.5. The second kappa shape index (κ2) is 5.99. The number of ether oxygens (including phenoxy) is 1. The van der Waals surface area contributed by atoms with Crippen molar-refractivity contribution >= 4 is 11.8 Å². The Labute approximate surface area is 111 Å². The molecule has 2 aromatic rings. The fourth-order valence-electron chi connectivity index (χ4n) is 1.76. The number of anilines is 1. The number of H-pyrrole nitrogens is 1. The van der Waals surface area contributed by atoms with Crippen LogP contribution in [0, 0.1) is 0 Å². The third-order valence-corrected chi connectivity index (χ3v) is 2.76. The van der Waals surface area contributed by atoms with E-state index >= 15 is 0 Å². The number of hydrogen-bond acceptors (Lipinski definition) is 5. The van der Waals surface area contributed by atoms with Crippen molar-refractivity contribution in [1.82, 2.24) is 15.0 Å². The molecule has 0 fully saturated rings. The van der Waals surface area contributed by atoms with Gasteiger partial charge >= 0.3 is 5.97 Å². The number of aromatic nitrogens is 3. The van der Waals surface area contributed by atoms with E-state index in [-0.39, 0.29) is 12.0 Å². The quantitative estimate of drug-likeness (QED) is 0.805. The van der Waals surface area contributed by atoms with E-state index in [0.717, 1.165) is 12.2 Å². The van der Waals surface area contributed by atoms with Crippen molar-refractivity contribution in [1.29, 1.82) is 0 Å². The number of nitrogens with one attached hydrogen (secondary N) is 2. The van der Waals surface area contributed by atoms with Gasteiger partial charge in [-0.05, 0) is 18.6 Å². The SMILES string of the molecule is CCC(Nc1cc(C(=O)OC)ccn1)c1ncc[nH]1. The largest absolute Gasteiger partial charge is 0.465 e. The Balaban J connectivity index is 2.16. The Hall–Kier alpha value is -2.37. The molecule has 1 unspecified atom stereocenters. The number of carbonyl (C=O) groups is 1. The van der Waals surface area contributed by atoms with Crippen LogP contribution in [0.25, 0.3) is 0 Å². The molecule has 0 spiro atoms. The van der Waals surface area contributed by atoms with E-state index in [1.165, 1.54) is 7.11 Å². The van der Waals surface area contributed by atoms with Crippen molar-refractivity contribution in [3.63, 3.8) is 0 Å². The molecule has 0 aromatic carbocycles. The van der Waals surface area contributed by atoms with Crippen LogP contribution in [-0.4, -0.2) is 28.0 Å². The first-order valence-corrected chi connectivity index (χ1v) is 6.04. The standard InChI is InChI=1S/C13H16N4O2/c1-3-10(12-15-6-7-16-12)17-11-8-9(4-5-14-11)13(18)19-2/h4-8,10H,3H2,1-2H3,(H,14,17)(H,15,16). The van der Waals surface area contributed by atoms with Crippen LogP contribution in [0.3, 0.4) is 0 Å². The zero-order chi connectivity index (χ0) is 13.7. The molecule has 19 heavy (non-hydrogen) atoms. The predicted octanol–water partition coefficient (Wildman–Crippen LogP) is 2.15.